The molecular weight excluding hydrogens is 348 g/mol. The van der Waals surface area contributed by atoms with E-state index in [9.17, 15) is 9.59 Å². The number of amides is 1. The summed E-state index contributed by atoms with van der Waals surface area (Å²) in [5.74, 6) is -0.554. The van der Waals surface area contributed by atoms with Crippen molar-refractivity contribution in [1.29, 1.82) is 0 Å². The van der Waals surface area contributed by atoms with Gasteiger partial charge in [-0.2, -0.15) is 0 Å². The first-order valence-corrected chi connectivity index (χ1v) is 9.09. The molecule has 1 amide bonds. The summed E-state index contributed by atoms with van der Waals surface area (Å²) >= 11 is 1.34. The lowest BCUT2D eigenvalue weighted by atomic mass is 10.1. The minimum Gasteiger partial charge on any atom is -0.456 e. The first kappa shape index (κ1) is 19.6. The van der Waals surface area contributed by atoms with Crippen molar-refractivity contribution in [2.75, 3.05) is 4.90 Å². The summed E-state index contributed by atoms with van der Waals surface area (Å²) in [6.07, 6.45) is 6.54. The number of ether oxygens (including phenoxy) is 1. The number of aromatic nitrogens is 1. The van der Waals surface area contributed by atoms with Gasteiger partial charge in [0.25, 0.3) is 0 Å². The topological polar surface area (TPSA) is 59.5 Å². The summed E-state index contributed by atoms with van der Waals surface area (Å²) in [7, 11) is 0. The van der Waals surface area contributed by atoms with Crippen molar-refractivity contribution >= 4 is 34.0 Å². The summed E-state index contributed by atoms with van der Waals surface area (Å²) in [6.45, 7) is 7.42. The summed E-state index contributed by atoms with van der Waals surface area (Å²) in [5.41, 5.74) is 3.55. The molecule has 0 atom stereocenters. The van der Waals surface area contributed by atoms with Crippen molar-refractivity contribution in [1.82, 2.24) is 4.98 Å². The average molecular weight is 370 g/mol. The SMILES string of the molecule is C/C=C/C=C/C(=O)OCc1csc(N(C(C)=O)c2cccc(C)c2C)n1. The number of anilines is 2. The normalized spacial score (nSPS) is 11.2. The highest BCUT2D eigenvalue weighted by Gasteiger charge is 2.20. The number of hydrogen-bond donors (Lipinski definition) is 0. The number of benzene rings is 1. The molecule has 0 radical (unpaired) electrons. The van der Waals surface area contributed by atoms with E-state index >= 15 is 0 Å². The predicted octanol–water partition coefficient (Wildman–Crippen LogP) is 4.62. The van der Waals surface area contributed by atoms with Crippen LogP contribution in [0.25, 0.3) is 0 Å². The van der Waals surface area contributed by atoms with Crippen LogP contribution in [0, 0.1) is 13.8 Å². The van der Waals surface area contributed by atoms with E-state index in [1.54, 1.807) is 22.4 Å². The fraction of sp³-hybridized carbons (Fsp3) is 0.250. The molecule has 0 fully saturated rings. The molecule has 0 aliphatic heterocycles. The first-order valence-electron chi connectivity index (χ1n) is 8.21. The fourth-order valence-corrected chi connectivity index (χ4v) is 3.15. The van der Waals surface area contributed by atoms with Crippen LogP contribution in [-0.4, -0.2) is 16.9 Å². The Morgan fingerprint density at radius 2 is 2.04 bits per heavy atom. The minimum absolute atomic E-state index is 0.0635. The lowest BCUT2D eigenvalue weighted by Crippen LogP contribution is -2.23. The summed E-state index contributed by atoms with van der Waals surface area (Å²) in [4.78, 5) is 29.9. The van der Waals surface area contributed by atoms with Crippen molar-refractivity contribution in [3.05, 3.63) is 64.7 Å². The lowest BCUT2D eigenvalue weighted by Gasteiger charge is -2.21. The Hall–Kier alpha value is -2.73. The number of allylic oxidation sites excluding steroid dienone is 3. The summed E-state index contributed by atoms with van der Waals surface area (Å²) in [5, 5.41) is 2.35. The van der Waals surface area contributed by atoms with Gasteiger partial charge in [-0.3, -0.25) is 9.69 Å². The Morgan fingerprint density at radius 3 is 2.73 bits per heavy atom. The molecule has 0 bridgehead atoms. The summed E-state index contributed by atoms with van der Waals surface area (Å²) < 4.78 is 5.16. The highest BCUT2D eigenvalue weighted by molar-refractivity contribution is 7.14. The van der Waals surface area contributed by atoms with Gasteiger partial charge in [0.2, 0.25) is 5.91 Å². The molecule has 1 aromatic heterocycles. The van der Waals surface area contributed by atoms with Crippen molar-refractivity contribution < 1.29 is 14.3 Å². The van der Waals surface area contributed by atoms with E-state index in [0.29, 0.717) is 10.8 Å². The van der Waals surface area contributed by atoms with Gasteiger partial charge < -0.3 is 4.74 Å². The van der Waals surface area contributed by atoms with Crippen LogP contribution in [0.3, 0.4) is 0 Å². The van der Waals surface area contributed by atoms with Gasteiger partial charge >= 0.3 is 5.97 Å². The second-order valence-electron chi connectivity index (χ2n) is 5.69. The maximum absolute atomic E-state index is 12.2. The first-order chi connectivity index (χ1) is 12.4. The second kappa shape index (κ2) is 9.10. The highest BCUT2D eigenvalue weighted by atomic mass is 32.1. The molecule has 136 valence electrons. The van der Waals surface area contributed by atoms with Crippen molar-refractivity contribution in [3.8, 4) is 0 Å². The monoisotopic (exact) mass is 370 g/mol. The zero-order valence-electron chi connectivity index (χ0n) is 15.4. The van der Waals surface area contributed by atoms with E-state index in [2.05, 4.69) is 4.98 Å². The van der Waals surface area contributed by atoms with E-state index in [1.165, 1.54) is 24.3 Å². The molecule has 0 N–H and O–H groups in total. The van der Waals surface area contributed by atoms with Crippen LogP contribution in [-0.2, 0) is 20.9 Å². The van der Waals surface area contributed by atoms with Gasteiger partial charge in [0.1, 0.15) is 6.61 Å². The molecule has 2 aromatic rings. The number of carbonyl (C=O) groups is 2. The van der Waals surface area contributed by atoms with Crippen LogP contribution in [0.2, 0.25) is 0 Å². The van der Waals surface area contributed by atoms with Crippen LogP contribution < -0.4 is 4.90 Å². The molecule has 0 saturated heterocycles. The molecule has 2 rings (SSSR count). The number of aryl methyl sites for hydroxylation is 1. The minimum atomic E-state index is -0.435. The second-order valence-corrected chi connectivity index (χ2v) is 6.52. The molecule has 6 heteroatoms. The molecule has 0 unspecified atom stereocenters. The summed E-state index contributed by atoms with van der Waals surface area (Å²) in [6, 6.07) is 5.82. The number of esters is 1. The zero-order chi connectivity index (χ0) is 19.1. The third kappa shape index (κ3) is 4.89. The molecular formula is C20H22N2O3S. The van der Waals surface area contributed by atoms with Gasteiger partial charge in [-0.15, -0.1) is 11.3 Å². The van der Waals surface area contributed by atoms with Gasteiger partial charge in [-0.25, -0.2) is 9.78 Å². The van der Waals surface area contributed by atoms with Gasteiger partial charge in [0.15, 0.2) is 5.13 Å². The maximum atomic E-state index is 12.2. The van der Waals surface area contributed by atoms with E-state index < -0.39 is 5.97 Å². The standard InChI is InChI=1S/C20H22N2O3S/c1-5-6-7-11-19(24)25-12-17-13-26-20(21-17)22(16(4)23)18-10-8-9-14(2)15(18)3/h5-11,13H,12H2,1-4H3/b6-5+,11-7+. The smallest absolute Gasteiger partial charge is 0.331 e. The van der Waals surface area contributed by atoms with Crippen molar-refractivity contribution in [3.63, 3.8) is 0 Å². The average Bonchev–Trinajstić information content (AvgIpc) is 3.05. The molecule has 1 heterocycles. The molecule has 0 aliphatic carbocycles. The highest BCUT2D eigenvalue weighted by Crippen LogP contribution is 2.32. The Bertz CT molecular complexity index is 852. The van der Waals surface area contributed by atoms with E-state index in [4.69, 9.17) is 4.74 Å². The Morgan fingerprint density at radius 1 is 1.27 bits per heavy atom. The van der Waals surface area contributed by atoms with E-state index in [0.717, 1.165) is 16.8 Å². The van der Waals surface area contributed by atoms with Gasteiger partial charge in [0.05, 0.1) is 11.4 Å². The number of rotatable bonds is 6. The quantitative estimate of drug-likeness (QED) is 0.423. The number of carbonyl (C=O) groups excluding carboxylic acids is 2. The van der Waals surface area contributed by atoms with Crippen LogP contribution in [0.4, 0.5) is 10.8 Å². The lowest BCUT2D eigenvalue weighted by molar-refractivity contribution is -0.139. The zero-order valence-corrected chi connectivity index (χ0v) is 16.2. The third-order valence-corrected chi connectivity index (χ3v) is 4.64. The largest absolute Gasteiger partial charge is 0.456 e. The number of hydrogen-bond acceptors (Lipinski definition) is 5. The molecule has 0 saturated carbocycles. The maximum Gasteiger partial charge on any atom is 0.331 e. The third-order valence-electron chi connectivity index (χ3n) is 3.76. The Balaban J connectivity index is 2.16. The molecule has 5 nitrogen and oxygen atoms in total. The molecule has 0 aliphatic rings. The number of nitrogens with zero attached hydrogens (tertiary/aromatic N) is 2. The van der Waals surface area contributed by atoms with Gasteiger partial charge in [-0.05, 0) is 38.0 Å². The van der Waals surface area contributed by atoms with Crippen LogP contribution in [0.5, 0.6) is 0 Å². The van der Waals surface area contributed by atoms with Crippen LogP contribution >= 0.6 is 11.3 Å². The predicted molar refractivity (Wildman–Crippen MR) is 105 cm³/mol. The van der Waals surface area contributed by atoms with Crippen LogP contribution in [0.15, 0.2) is 47.9 Å². The molecule has 26 heavy (non-hydrogen) atoms. The van der Waals surface area contributed by atoms with Crippen LogP contribution in [0.1, 0.15) is 30.7 Å². The molecule has 0 spiro atoms. The number of thiazole rings is 1. The van der Waals surface area contributed by atoms with Crippen molar-refractivity contribution in [2.24, 2.45) is 0 Å². The van der Waals surface area contributed by atoms with Crippen molar-refractivity contribution in [2.45, 2.75) is 34.3 Å². The Kier molecular flexibility index (Phi) is 6.86. The van der Waals surface area contributed by atoms with E-state index in [1.807, 2.05) is 45.0 Å². The van der Waals surface area contributed by atoms with E-state index in [-0.39, 0.29) is 12.5 Å². The molecule has 1 aromatic carbocycles. The van der Waals surface area contributed by atoms with Gasteiger partial charge in [-0.1, -0.05) is 30.4 Å². The van der Waals surface area contributed by atoms with Gasteiger partial charge in [0, 0.05) is 18.4 Å². The fourth-order valence-electron chi connectivity index (χ4n) is 2.29. The Labute approximate surface area is 157 Å².